The minimum Gasteiger partial charge on any atom is -0.387 e. The molecule has 1 heterocycles. The summed E-state index contributed by atoms with van der Waals surface area (Å²) in [5.41, 5.74) is 5.79. The zero-order valence-corrected chi connectivity index (χ0v) is 8.73. The molecular formula is C9H18N2S. The third-order valence-electron chi connectivity index (χ3n) is 2.11. The van der Waals surface area contributed by atoms with E-state index in [1.807, 2.05) is 11.8 Å². The van der Waals surface area contributed by atoms with Crippen LogP contribution in [0.5, 0.6) is 0 Å². The predicted octanol–water partition coefficient (Wildman–Crippen LogP) is 1.90. The first-order valence-corrected chi connectivity index (χ1v) is 5.76. The van der Waals surface area contributed by atoms with Crippen molar-refractivity contribution < 1.29 is 0 Å². The molecule has 12 heavy (non-hydrogen) atoms. The van der Waals surface area contributed by atoms with Gasteiger partial charge in [-0.2, -0.15) is 11.8 Å². The first-order chi connectivity index (χ1) is 5.70. The van der Waals surface area contributed by atoms with Gasteiger partial charge in [0.05, 0.1) is 11.9 Å². The molecule has 1 saturated heterocycles. The summed E-state index contributed by atoms with van der Waals surface area (Å²) >= 11 is 2.02. The highest BCUT2D eigenvalue weighted by atomic mass is 32.2. The number of hydrogen-bond donors (Lipinski definition) is 1. The zero-order chi connectivity index (χ0) is 8.97. The van der Waals surface area contributed by atoms with Crippen LogP contribution in [0, 0.1) is 5.92 Å². The van der Waals surface area contributed by atoms with Crippen LogP contribution < -0.4 is 5.73 Å². The van der Waals surface area contributed by atoms with E-state index in [2.05, 4.69) is 18.8 Å². The Balaban J connectivity index is 2.41. The van der Waals surface area contributed by atoms with Gasteiger partial charge in [-0.1, -0.05) is 13.8 Å². The lowest BCUT2D eigenvalue weighted by atomic mass is 10.1. The van der Waals surface area contributed by atoms with Crippen molar-refractivity contribution in [2.75, 3.05) is 11.5 Å². The molecule has 0 atom stereocenters. The Kier molecular flexibility index (Phi) is 3.92. The summed E-state index contributed by atoms with van der Waals surface area (Å²) in [7, 11) is 0. The molecule has 0 aromatic rings. The third-order valence-corrected chi connectivity index (χ3v) is 3.16. The lowest BCUT2D eigenvalue weighted by Crippen LogP contribution is -2.24. The highest BCUT2D eigenvalue weighted by Crippen LogP contribution is 2.19. The van der Waals surface area contributed by atoms with E-state index in [4.69, 9.17) is 5.73 Å². The molecule has 0 aliphatic carbocycles. The van der Waals surface area contributed by atoms with E-state index in [1.165, 1.54) is 24.3 Å². The lowest BCUT2D eigenvalue weighted by Gasteiger charge is -2.18. The summed E-state index contributed by atoms with van der Waals surface area (Å²) < 4.78 is 0. The van der Waals surface area contributed by atoms with Gasteiger partial charge in [-0.3, -0.25) is 4.99 Å². The number of nitrogens with zero attached hydrogens (tertiary/aromatic N) is 1. The molecule has 2 N–H and O–H groups in total. The molecule has 1 fully saturated rings. The van der Waals surface area contributed by atoms with Crippen molar-refractivity contribution >= 4 is 17.6 Å². The molecular weight excluding hydrogens is 168 g/mol. The second-order valence-electron chi connectivity index (χ2n) is 3.55. The molecule has 0 bridgehead atoms. The van der Waals surface area contributed by atoms with Crippen molar-refractivity contribution in [1.29, 1.82) is 0 Å². The average molecular weight is 186 g/mol. The Morgan fingerprint density at radius 2 is 2.00 bits per heavy atom. The SMILES string of the molecule is CC(C)C(N)=NC1CCSCC1. The summed E-state index contributed by atoms with van der Waals surface area (Å²) in [6.45, 7) is 4.19. The fourth-order valence-corrected chi connectivity index (χ4v) is 2.26. The topological polar surface area (TPSA) is 38.4 Å². The Bertz CT molecular complexity index is 160. The van der Waals surface area contributed by atoms with Crippen molar-refractivity contribution in [2.45, 2.75) is 32.7 Å². The number of aliphatic imine (C=N–C) groups is 1. The minimum atomic E-state index is 0.402. The maximum Gasteiger partial charge on any atom is 0.0966 e. The fourth-order valence-electron chi connectivity index (χ4n) is 1.17. The largest absolute Gasteiger partial charge is 0.387 e. The first-order valence-electron chi connectivity index (χ1n) is 4.61. The van der Waals surface area contributed by atoms with Gasteiger partial charge in [0, 0.05) is 5.92 Å². The van der Waals surface area contributed by atoms with E-state index in [0.29, 0.717) is 12.0 Å². The number of hydrogen-bond acceptors (Lipinski definition) is 2. The van der Waals surface area contributed by atoms with Crippen LogP contribution in [-0.4, -0.2) is 23.4 Å². The Morgan fingerprint density at radius 1 is 1.42 bits per heavy atom. The van der Waals surface area contributed by atoms with Crippen LogP contribution in [0.2, 0.25) is 0 Å². The predicted molar refractivity (Wildman–Crippen MR) is 56.8 cm³/mol. The standard InChI is InChI=1S/C9H18N2S/c1-7(2)9(10)11-8-3-5-12-6-4-8/h7-8H,3-6H2,1-2H3,(H2,10,11). The zero-order valence-electron chi connectivity index (χ0n) is 7.92. The normalized spacial score (nSPS) is 21.8. The van der Waals surface area contributed by atoms with Gasteiger partial charge in [0.25, 0.3) is 0 Å². The summed E-state index contributed by atoms with van der Waals surface area (Å²) in [5.74, 6) is 3.73. The van der Waals surface area contributed by atoms with Gasteiger partial charge in [-0.05, 0) is 24.3 Å². The van der Waals surface area contributed by atoms with Gasteiger partial charge < -0.3 is 5.73 Å². The maximum atomic E-state index is 5.79. The molecule has 1 aliphatic heterocycles. The third kappa shape index (κ3) is 3.05. The molecule has 1 aliphatic rings. The quantitative estimate of drug-likeness (QED) is 0.528. The van der Waals surface area contributed by atoms with Crippen LogP contribution >= 0.6 is 11.8 Å². The molecule has 0 spiro atoms. The number of nitrogens with two attached hydrogens (primary N) is 1. The first kappa shape index (κ1) is 9.90. The van der Waals surface area contributed by atoms with Gasteiger partial charge in [-0.15, -0.1) is 0 Å². The van der Waals surface area contributed by atoms with Gasteiger partial charge in [0.1, 0.15) is 0 Å². The van der Waals surface area contributed by atoms with E-state index in [0.717, 1.165) is 5.84 Å². The molecule has 70 valence electrons. The highest BCUT2D eigenvalue weighted by molar-refractivity contribution is 7.99. The Hall–Kier alpha value is -0.180. The van der Waals surface area contributed by atoms with E-state index in [9.17, 15) is 0 Å². The fraction of sp³-hybridized carbons (Fsp3) is 0.889. The summed E-state index contributed by atoms with van der Waals surface area (Å²) in [6.07, 6.45) is 2.41. The van der Waals surface area contributed by atoms with Gasteiger partial charge in [0.15, 0.2) is 0 Å². The van der Waals surface area contributed by atoms with E-state index >= 15 is 0 Å². The van der Waals surface area contributed by atoms with E-state index in [-0.39, 0.29) is 0 Å². The molecule has 0 aromatic carbocycles. The van der Waals surface area contributed by atoms with Crippen molar-refractivity contribution in [1.82, 2.24) is 0 Å². The van der Waals surface area contributed by atoms with Gasteiger partial charge in [-0.25, -0.2) is 0 Å². The van der Waals surface area contributed by atoms with Gasteiger partial charge >= 0.3 is 0 Å². The molecule has 0 radical (unpaired) electrons. The number of rotatable bonds is 2. The van der Waals surface area contributed by atoms with Crippen LogP contribution in [0.1, 0.15) is 26.7 Å². The molecule has 0 aromatic heterocycles. The van der Waals surface area contributed by atoms with Crippen LogP contribution in [-0.2, 0) is 0 Å². The second-order valence-corrected chi connectivity index (χ2v) is 4.78. The van der Waals surface area contributed by atoms with Crippen LogP contribution in [0.3, 0.4) is 0 Å². The molecule has 0 unspecified atom stereocenters. The molecule has 0 amide bonds. The van der Waals surface area contributed by atoms with Crippen molar-refractivity contribution in [3.63, 3.8) is 0 Å². The van der Waals surface area contributed by atoms with Crippen LogP contribution in [0.15, 0.2) is 4.99 Å². The van der Waals surface area contributed by atoms with Crippen molar-refractivity contribution in [3.05, 3.63) is 0 Å². The molecule has 1 rings (SSSR count). The van der Waals surface area contributed by atoms with E-state index in [1.54, 1.807) is 0 Å². The molecule has 2 nitrogen and oxygen atoms in total. The average Bonchev–Trinajstić information content (AvgIpc) is 2.06. The summed E-state index contributed by atoms with van der Waals surface area (Å²) in [4.78, 5) is 4.52. The summed E-state index contributed by atoms with van der Waals surface area (Å²) in [5, 5.41) is 0. The molecule has 0 saturated carbocycles. The van der Waals surface area contributed by atoms with E-state index < -0.39 is 0 Å². The number of amidine groups is 1. The number of thioether (sulfide) groups is 1. The molecule has 3 heteroatoms. The second kappa shape index (κ2) is 4.75. The Labute approximate surface area is 79.0 Å². The maximum absolute atomic E-state index is 5.79. The minimum absolute atomic E-state index is 0.402. The van der Waals surface area contributed by atoms with Crippen LogP contribution in [0.4, 0.5) is 0 Å². The highest BCUT2D eigenvalue weighted by Gasteiger charge is 2.13. The summed E-state index contributed by atoms with van der Waals surface area (Å²) in [6, 6.07) is 0.508. The van der Waals surface area contributed by atoms with Gasteiger partial charge in [0.2, 0.25) is 0 Å². The van der Waals surface area contributed by atoms with Crippen molar-refractivity contribution in [2.24, 2.45) is 16.6 Å². The lowest BCUT2D eigenvalue weighted by molar-refractivity contribution is 0.620. The Morgan fingerprint density at radius 3 is 2.50 bits per heavy atom. The monoisotopic (exact) mass is 186 g/mol. The van der Waals surface area contributed by atoms with Crippen LogP contribution in [0.25, 0.3) is 0 Å². The smallest absolute Gasteiger partial charge is 0.0966 e. The van der Waals surface area contributed by atoms with Crippen molar-refractivity contribution in [3.8, 4) is 0 Å².